The third kappa shape index (κ3) is 3.20. The molecule has 0 amide bonds. The van der Waals surface area contributed by atoms with Crippen molar-refractivity contribution in [3.8, 4) is 0 Å². The summed E-state index contributed by atoms with van der Waals surface area (Å²) in [6.07, 6.45) is -4.35. The Balaban J connectivity index is 2.61. The number of alkyl halides is 3. The summed E-state index contributed by atoms with van der Waals surface area (Å²) >= 11 is 0. The highest BCUT2D eigenvalue weighted by Crippen LogP contribution is 2.33. The molecule has 2 rings (SSSR count). The Kier molecular flexibility index (Phi) is 4.02. The summed E-state index contributed by atoms with van der Waals surface area (Å²) in [7, 11) is 1.59. The number of benzene rings is 1. The molecule has 0 bridgehead atoms. The highest BCUT2D eigenvalue weighted by atomic mass is 19.4. The van der Waals surface area contributed by atoms with Crippen molar-refractivity contribution in [2.75, 3.05) is 13.7 Å². The predicted octanol–water partition coefficient (Wildman–Crippen LogP) is 4.00. The molecule has 1 heterocycles. The molecular formula is C15H19F3N2O. The van der Waals surface area contributed by atoms with E-state index < -0.39 is 11.7 Å². The van der Waals surface area contributed by atoms with Crippen LogP contribution < -0.4 is 0 Å². The maximum atomic E-state index is 12.8. The number of halogens is 3. The highest BCUT2D eigenvalue weighted by molar-refractivity contribution is 5.77. The summed E-state index contributed by atoms with van der Waals surface area (Å²) in [4.78, 5) is 4.42. The van der Waals surface area contributed by atoms with Crippen LogP contribution in [0.3, 0.4) is 0 Å². The molecule has 0 N–H and O–H groups in total. The minimum absolute atomic E-state index is 0.259. The van der Waals surface area contributed by atoms with Gasteiger partial charge in [-0.05, 0) is 18.2 Å². The van der Waals surface area contributed by atoms with Gasteiger partial charge in [-0.1, -0.05) is 20.8 Å². The lowest BCUT2D eigenvalue weighted by molar-refractivity contribution is -0.137. The van der Waals surface area contributed by atoms with Gasteiger partial charge in [0.05, 0.1) is 23.2 Å². The van der Waals surface area contributed by atoms with Crippen LogP contribution in [0.25, 0.3) is 11.0 Å². The van der Waals surface area contributed by atoms with E-state index >= 15 is 0 Å². The van der Waals surface area contributed by atoms with Crippen molar-refractivity contribution >= 4 is 11.0 Å². The molecular weight excluding hydrogens is 281 g/mol. The molecule has 0 aliphatic heterocycles. The van der Waals surface area contributed by atoms with E-state index in [-0.39, 0.29) is 5.41 Å². The van der Waals surface area contributed by atoms with E-state index in [4.69, 9.17) is 4.74 Å². The lowest BCUT2D eigenvalue weighted by Gasteiger charge is -2.20. The second kappa shape index (κ2) is 5.33. The largest absolute Gasteiger partial charge is 0.416 e. The van der Waals surface area contributed by atoms with Gasteiger partial charge < -0.3 is 9.30 Å². The van der Waals surface area contributed by atoms with Crippen molar-refractivity contribution in [2.45, 2.75) is 38.9 Å². The first-order valence-corrected chi connectivity index (χ1v) is 6.71. The summed E-state index contributed by atoms with van der Waals surface area (Å²) in [5, 5.41) is 0. The number of fused-ring (bicyclic) bond motifs is 1. The second-order valence-corrected chi connectivity index (χ2v) is 6.03. The van der Waals surface area contributed by atoms with Crippen LogP contribution in [0.4, 0.5) is 13.2 Å². The smallest absolute Gasteiger partial charge is 0.383 e. The van der Waals surface area contributed by atoms with Crippen molar-refractivity contribution in [2.24, 2.45) is 0 Å². The summed E-state index contributed by atoms with van der Waals surface area (Å²) in [5.74, 6) is 0.758. The molecule has 6 heteroatoms. The molecule has 1 aromatic heterocycles. The van der Waals surface area contributed by atoms with Crippen molar-refractivity contribution in [3.63, 3.8) is 0 Å². The van der Waals surface area contributed by atoms with Crippen molar-refractivity contribution in [3.05, 3.63) is 29.6 Å². The summed E-state index contributed by atoms with van der Waals surface area (Å²) in [6, 6.07) is 3.68. The number of ether oxygens (including phenoxy) is 1. The maximum absolute atomic E-state index is 12.8. The van der Waals surface area contributed by atoms with E-state index in [1.54, 1.807) is 7.11 Å². The first-order valence-electron chi connectivity index (χ1n) is 6.71. The van der Waals surface area contributed by atoms with Gasteiger partial charge in [0, 0.05) is 19.1 Å². The molecule has 3 nitrogen and oxygen atoms in total. The van der Waals surface area contributed by atoms with Crippen LogP contribution in [0.2, 0.25) is 0 Å². The van der Waals surface area contributed by atoms with Gasteiger partial charge in [0.1, 0.15) is 5.82 Å². The molecule has 0 aliphatic rings. The van der Waals surface area contributed by atoms with Crippen LogP contribution in [-0.4, -0.2) is 23.3 Å². The maximum Gasteiger partial charge on any atom is 0.416 e. The van der Waals surface area contributed by atoms with E-state index in [1.807, 2.05) is 25.3 Å². The molecule has 116 valence electrons. The fraction of sp³-hybridized carbons (Fsp3) is 0.533. The Morgan fingerprint density at radius 2 is 1.86 bits per heavy atom. The molecule has 0 fully saturated rings. The first-order chi connectivity index (χ1) is 9.64. The zero-order chi connectivity index (χ0) is 15.8. The molecule has 0 aliphatic carbocycles. The Morgan fingerprint density at radius 1 is 1.19 bits per heavy atom. The van der Waals surface area contributed by atoms with Crippen LogP contribution in [0.5, 0.6) is 0 Å². The lowest BCUT2D eigenvalue weighted by Crippen LogP contribution is -2.20. The van der Waals surface area contributed by atoms with Gasteiger partial charge in [-0.25, -0.2) is 4.98 Å². The normalized spacial score (nSPS) is 13.1. The fourth-order valence-corrected chi connectivity index (χ4v) is 2.29. The number of hydrogen-bond donors (Lipinski definition) is 0. The highest BCUT2D eigenvalue weighted by Gasteiger charge is 2.31. The van der Waals surface area contributed by atoms with Crippen LogP contribution in [0.15, 0.2) is 18.2 Å². The van der Waals surface area contributed by atoms with Crippen molar-refractivity contribution < 1.29 is 17.9 Å². The standard InChI is InChI=1S/C15H19F3N2O/c1-14(2,3)13-19-11-9-10(15(16,17)18)5-6-12(11)20(13)7-8-21-4/h5-6,9H,7-8H2,1-4H3. The molecule has 0 atom stereocenters. The minimum Gasteiger partial charge on any atom is -0.383 e. The van der Waals surface area contributed by atoms with E-state index in [0.717, 1.165) is 18.0 Å². The molecule has 0 saturated carbocycles. The first kappa shape index (κ1) is 15.8. The zero-order valence-electron chi connectivity index (χ0n) is 12.6. The molecule has 0 radical (unpaired) electrons. The number of methoxy groups -OCH3 is 1. The molecule has 1 aromatic carbocycles. The van der Waals surface area contributed by atoms with Crippen LogP contribution in [0, 0.1) is 0 Å². The monoisotopic (exact) mass is 300 g/mol. The SMILES string of the molecule is COCCn1c(C(C)(C)C)nc2cc(C(F)(F)F)ccc21. The zero-order valence-corrected chi connectivity index (χ0v) is 12.6. The summed E-state index contributed by atoms with van der Waals surface area (Å²) in [6.45, 7) is 7.01. The lowest BCUT2D eigenvalue weighted by atomic mass is 9.95. The molecule has 0 spiro atoms. The van der Waals surface area contributed by atoms with E-state index in [2.05, 4.69) is 4.98 Å². The van der Waals surface area contributed by atoms with E-state index in [9.17, 15) is 13.2 Å². The average molecular weight is 300 g/mol. The van der Waals surface area contributed by atoms with Gasteiger partial charge in [-0.3, -0.25) is 0 Å². The number of nitrogens with zero attached hydrogens (tertiary/aromatic N) is 2. The fourth-order valence-electron chi connectivity index (χ4n) is 2.29. The molecule has 21 heavy (non-hydrogen) atoms. The quantitative estimate of drug-likeness (QED) is 0.856. The Hall–Kier alpha value is -1.56. The van der Waals surface area contributed by atoms with E-state index in [0.29, 0.717) is 24.2 Å². The van der Waals surface area contributed by atoms with Crippen LogP contribution in [-0.2, 0) is 22.9 Å². The third-order valence-corrected chi connectivity index (χ3v) is 3.27. The summed E-state index contributed by atoms with van der Waals surface area (Å²) in [5.41, 5.74) is 0.133. The molecule has 0 saturated heterocycles. The van der Waals surface area contributed by atoms with E-state index in [1.165, 1.54) is 6.07 Å². The number of hydrogen-bond acceptors (Lipinski definition) is 2. The van der Waals surface area contributed by atoms with Crippen molar-refractivity contribution in [1.82, 2.24) is 9.55 Å². The van der Waals surface area contributed by atoms with Gasteiger partial charge >= 0.3 is 6.18 Å². The number of imidazole rings is 1. The topological polar surface area (TPSA) is 27.1 Å². The Morgan fingerprint density at radius 3 is 2.38 bits per heavy atom. The van der Waals surface area contributed by atoms with Crippen LogP contribution >= 0.6 is 0 Å². The second-order valence-electron chi connectivity index (χ2n) is 6.03. The molecule has 0 unspecified atom stereocenters. The summed E-state index contributed by atoms with van der Waals surface area (Å²) < 4.78 is 45.4. The van der Waals surface area contributed by atoms with Crippen molar-refractivity contribution in [1.29, 1.82) is 0 Å². The Bertz CT molecular complexity index is 639. The average Bonchev–Trinajstić information content (AvgIpc) is 2.73. The van der Waals surface area contributed by atoms with Crippen LogP contribution in [0.1, 0.15) is 32.2 Å². The van der Waals surface area contributed by atoms with Gasteiger partial charge in [-0.2, -0.15) is 13.2 Å². The third-order valence-electron chi connectivity index (χ3n) is 3.27. The van der Waals surface area contributed by atoms with Gasteiger partial charge in [-0.15, -0.1) is 0 Å². The number of aromatic nitrogens is 2. The van der Waals surface area contributed by atoms with Gasteiger partial charge in [0.2, 0.25) is 0 Å². The number of rotatable bonds is 3. The van der Waals surface area contributed by atoms with Gasteiger partial charge in [0.15, 0.2) is 0 Å². The van der Waals surface area contributed by atoms with Gasteiger partial charge in [0.25, 0.3) is 0 Å². The predicted molar refractivity (Wildman–Crippen MR) is 75.3 cm³/mol. The Labute approximate surface area is 121 Å². The minimum atomic E-state index is -4.35. The molecule has 2 aromatic rings.